The molecule has 3 aliphatic rings. The fourth-order valence-electron chi connectivity index (χ4n) is 3.15. The van der Waals surface area contributed by atoms with Gasteiger partial charge in [-0.2, -0.15) is 0 Å². The highest BCUT2D eigenvalue weighted by Gasteiger charge is 2.56. The largest absolute Gasteiger partial charge is 0.448 e. The number of alkyl carbamates (subject to hydrolysis) is 1. The summed E-state index contributed by atoms with van der Waals surface area (Å²) < 4.78 is 15.6. The third-order valence-corrected chi connectivity index (χ3v) is 4.45. The van der Waals surface area contributed by atoms with Crippen LogP contribution in [0.15, 0.2) is 30.3 Å². The minimum Gasteiger partial charge on any atom is -0.448 e. The topological polar surface area (TPSA) is 92.4 Å². The van der Waals surface area contributed by atoms with E-state index in [2.05, 4.69) is 10.6 Å². The van der Waals surface area contributed by atoms with E-state index in [1.165, 1.54) is 0 Å². The Morgan fingerprint density at radius 3 is 2.96 bits per heavy atom. The van der Waals surface area contributed by atoms with Crippen LogP contribution in [-0.4, -0.2) is 61.2 Å². The lowest BCUT2D eigenvalue weighted by Crippen LogP contribution is -2.53. The zero-order chi connectivity index (χ0) is 16.5. The first kappa shape index (κ1) is 15.2. The van der Waals surface area contributed by atoms with Crippen molar-refractivity contribution < 1.29 is 23.8 Å². The van der Waals surface area contributed by atoms with E-state index in [1.807, 2.05) is 30.3 Å². The third kappa shape index (κ3) is 3.15. The monoisotopic (exact) mass is 333 g/mol. The van der Waals surface area contributed by atoms with Crippen molar-refractivity contribution in [2.45, 2.75) is 31.0 Å². The molecule has 1 aromatic rings. The van der Waals surface area contributed by atoms with Gasteiger partial charge in [-0.25, -0.2) is 9.59 Å². The predicted octanol–water partition coefficient (Wildman–Crippen LogP) is 0.430. The molecule has 24 heavy (non-hydrogen) atoms. The SMILES string of the molecule is O=C(NC1C2OC2N[C@@H]1CN1CCOC1=O)OCc1ccccc1. The number of carbonyl (C=O) groups is 2. The molecule has 1 aromatic carbocycles. The lowest BCUT2D eigenvalue weighted by molar-refractivity contribution is 0.124. The van der Waals surface area contributed by atoms with Gasteiger partial charge in [0.25, 0.3) is 0 Å². The molecule has 128 valence electrons. The van der Waals surface area contributed by atoms with Crippen LogP contribution in [0.4, 0.5) is 9.59 Å². The molecular formula is C16H19N3O5. The van der Waals surface area contributed by atoms with Crippen molar-refractivity contribution in [3.63, 3.8) is 0 Å². The summed E-state index contributed by atoms with van der Waals surface area (Å²) in [6, 6.07) is 9.18. The van der Waals surface area contributed by atoms with Crippen LogP contribution in [0.3, 0.4) is 0 Å². The smallest absolute Gasteiger partial charge is 0.409 e. The number of nitrogens with one attached hydrogen (secondary N) is 2. The highest BCUT2D eigenvalue weighted by molar-refractivity contribution is 5.70. The maximum atomic E-state index is 12.1. The number of benzene rings is 1. The average Bonchev–Trinajstić information content (AvgIpc) is 3.13. The second-order valence-corrected chi connectivity index (χ2v) is 6.09. The Labute approximate surface area is 139 Å². The molecule has 0 bridgehead atoms. The van der Waals surface area contributed by atoms with Gasteiger partial charge in [0.15, 0.2) is 0 Å². The van der Waals surface area contributed by atoms with E-state index in [1.54, 1.807) is 4.90 Å². The van der Waals surface area contributed by atoms with Crippen LogP contribution in [-0.2, 0) is 20.8 Å². The third-order valence-electron chi connectivity index (χ3n) is 4.45. The van der Waals surface area contributed by atoms with Gasteiger partial charge in [-0.05, 0) is 5.56 Å². The Bertz CT molecular complexity index is 625. The molecular weight excluding hydrogens is 314 g/mol. The summed E-state index contributed by atoms with van der Waals surface area (Å²) >= 11 is 0. The van der Waals surface area contributed by atoms with Gasteiger partial charge in [0.1, 0.15) is 25.5 Å². The van der Waals surface area contributed by atoms with E-state index in [9.17, 15) is 9.59 Å². The molecule has 4 rings (SSSR count). The van der Waals surface area contributed by atoms with Crippen LogP contribution in [0.1, 0.15) is 5.56 Å². The van der Waals surface area contributed by atoms with Gasteiger partial charge in [0.2, 0.25) is 0 Å². The van der Waals surface area contributed by atoms with Gasteiger partial charge in [0.05, 0.1) is 18.6 Å². The van der Waals surface area contributed by atoms with Gasteiger partial charge < -0.3 is 24.4 Å². The molecule has 0 saturated carbocycles. The molecule has 0 aliphatic carbocycles. The number of hydrogen-bond acceptors (Lipinski definition) is 6. The Balaban J connectivity index is 1.30. The summed E-state index contributed by atoms with van der Waals surface area (Å²) in [5, 5.41) is 6.11. The van der Waals surface area contributed by atoms with E-state index in [0.29, 0.717) is 19.7 Å². The lowest BCUT2D eigenvalue weighted by atomic mass is 10.1. The minimum absolute atomic E-state index is 0.0620. The Morgan fingerprint density at radius 2 is 2.21 bits per heavy atom. The number of ether oxygens (including phenoxy) is 3. The van der Waals surface area contributed by atoms with Crippen LogP contribution >= 0.6 is 0 Å². The lowest BCUT2D eigenvalue weighted by Gasteiger charge is -2.26. The molecule has 3 fully saturated rings. The number of carbonyl (C=O) groups excluding carboxylic acids is 2. The van der Waals surface area contributed by atoms with Gasteiger partial charge in [-0.1, -0.05) is 30.3 Å². The summed E-state index contributed by atoms with van der Waals surface area (Å²) in [6.07, 6.45) is -0.939. The predicted molar refractivity (Wildman–Crippen MR) is 82.1 cm³/mol. The number of amides is 2. The number of hydrogen-bond donors (Lipinski definition) is 2. The fraction of sp³-hybridized carbons (Fsp3) is 0.500. The zero-order valence-electron chi connectivity index (χ0n) is 13.0. The number of fused-ring (bicyclic) bond motifs is 1. The molecule has 2 N–H and O–H groups in total. The summed E-state index contributed by atoms with van der Waals surface area (Å²) in [5.41, 5.74) is 0.925. The molecule has 3 aliphatic heterocycles. The molecule has 3 saturated heterocycles. The van der Waals surface area contributed by atoms with Gasteiger partial charge in [0, 0.05) is 6.54 Å². The summed E-state index contributed by atoms with van der Waals surface area (Å²) in [6.45, 7) is 1.66. The normalized spacial score (nSPS) is 30.7. The molecule has 8 nitrogen and oxygen atoms in total. The molecule has 3 unspecified atom stereocenters. The molecule has 0 aromatic heterocycles. The second kappa shape index (κ2) is 6.29. The van der Waals surface area contributed by atoms with E-state index < -0.39 is 6.09 Å². The first-order valence-corrected chi connectivity index (χ1v) is 8.01. The van der Waals surface area contributed by atoms with E-state index >= 15 is 0 Å². The quantitative estimate of drug-likeness (QED) is 0.759. The van der Waals surface area contributed by atoms with Gasteiger partial charge >= 0.3 is 12.2 Å². The van der Waals surface area contributed by atoms with Crippen molar-refractivity contribution in [3.8, 4) is 0 Å². The Kier molecular flexibility index (Phi) is 3.99. The maximum Gasteiger partial charge on any atom is 0.409 e. The van der Waals surface area contributed by atoms with Crippen LogP contribution < -0.4 is 10.6 Å². The van der Waals surface area contributed by atoms with Crippen molar-refractivity contribution in [1.29, 1.82) is 0 Å². The maximum absolute atomic E-state index is 12.1. The number of cyclic esters (lactones) is 1. The van der Waals surface area contributed by atoms with Crippen molar-refractivity contribution in [2.75, 3.05) is 19.7 Å². The van der Waals surface area contributed by atoms with E-state index in [0.717, 1.165) is 5.56 Å². The molecule has 3 heterocycles. The number of rotatable bonds is 5. The molecule has 8 heteroatoms. The molecule has 0 spiro atoms. The first-order valence-electron chi connectivity index (χ1n) is 8.01. The zero-order valence-corrected chi connectivity index (χ0v) is 13.0. The van der Waals surface area contributed by atoms with Crippen molar-refractivity contribution >= 4 is 12.2 Å². The van der Waals surface area contributed by atoms with Crippen LogP contribution in [0.25, 0.3) is 0 Å². The van der Waals surface area contributed by atoms with Crippen LogP contribution in [0.2, 0.25) is 0 Å². The Hall–Kier alpha value is -2.32. The van der Waals surface area contributed by atoms with Crippen molar-refractivity contribution in [1.82, 2.24) is 15.5 Å². The van der Waals surface area contributed by atoms with E-state index in [-0.39, 0.29) is 37.1 Å². The summed E-state index contributed by atoms with van der Waals surface area (Å²) in [7, 11) is 0. The standard InChI is InChI=1S/C16H19N3O5/c20-15(23-9-10-4-2-1-3-5-10)18-12-11(17-14-13(12)24-14)8-19-6-7-22-16(19)21/h1-5,11-14,17H,6-9H2,(H,18,20)/t11-,12?,13?,14?/m1/s1. The highest BCUT2D eigenvalue weighted by atomic mass is 16.6. The van der Waals surface area contributed by atoms with Gasteiger partial charge in [-0.3, -0.25) is 5.32 Å². The highest BCUT2D eigenvalue weighted by Crippen LogP contribution is 2.32. The van der Waals surface area contributed by atoms with Crippen LogP contribution in [0, 0.1) is 0 Å². The van der Waals surface area contributed by atoms with Gasteiger partial charge in [-0.15, -0.1) is 0 Å². The average molecular weight is 333 g/mol. The molecule has 4 atom stereocenters. The number of nitrogens with zero attached hydrogens (tertiary/aromatic N) is 1. The number of epoxide rings is 1. The summed E-state index contributed by atoms with van der Waals surface area (Å²) in [5.74, 6) is 0. The fourth-order valence-corrected chi connectivity index (χ4v) is 3.15. The second-order valence-electron chi connectivity index (χ2n) is 6.09. The van der Waals surface area contributed by atoms with Crippen molar-refractivity contribution in [2.24, 2.45) is 0 Å². The summed E-state index contributed by atoms with van der Waals surface area (Å²) in [4.78, 5) is 25.3. The van der Waals surface area contributed by atoms with Crippen molar-refractivity contribution in [3.05, 3.63) is 35.9 Å². The minimum atomic E-state index is -0.490. The first-order chi connectivity index (χ1) is 11.7. The molecule has 2 amide bonds. The Morgan fingerprint density at radius 1 is 1.38 bits per heavy atom. The van der Waals surface area contributed by atoms with E-state index in [4.69, 9.17) is 14.2 Å². The molecule has 0 radical (unpaired) electrons. The van der Waals surface area contributed by atoms with Crippen LogP contribution in [0.5, 0.6) is 0 Å².